The van der Waals surface area contributed by atoms with Gasteiger partial charge in [0.2, 0.25) is 0 Å². The molecule has 0 aromatic rings. The predicted molar refractivity (Wildman–Crippen MR) is 68.1 cm³/mol. The maximum atomic E-state index is 3.61. The maximum Gasteiger partial charge on any atom is 0.000516 e. The second kappa shape index (κ2) is 6.52. The Morgan fingerprint density at radius 3 is 2.67 bits per heavy atom. The Hall–Kier alpha value is -0.0400. The van der Waals surface area contributed by atoms with Crippen LogP contribution < -0.4 is 5.32 Å². The van der Waals surface area contributed by atoms with Gasteiger partial charge in [-0.05, 0) is 43.6 Å². The lowest BCUT2D eigenvalue weighted by Gasteiger charge is -2.28. The largest absolute Gasteiger partial charge is 0.316 e. The van der Waals surface area contributed by atoms with Crippen LogP contribution in [0.1, 0.15) is 65.7 Å². The molecule has 0 aromatic heterocycles. The fourth-order valence-corrected chi connectivity index (χ4v) is 2.79. The minimum absolute atomic E-state index is 0.582. The van der Waals surface area contributed by atoms with Crippen LogP contribution in [0.25, 0.3) is 0 Å². The highest BCUT2D eigenvalue weighted by molar-refractivity contribution is 4.81. The van der Waals surface area contributed by atoms with Gasteiger partial charge in [-0.25, -0.2) is 0 Å². The van der Waals surface area contributed by atoms with E-state index in [-0.39, 0.29) is 0 Å². The molecule has 1 heteroatoms. The minimum Gasteiger partial charge on any atom is -0.316 e. The first-order valence-corrected chi connectivity index (χ1v) is 6.91. The third-order valence-corrected chi connectivity index (χ3v) is 4.10. The van der Waals surface area contributed by atoms with E-state index >= 15 is 0 Å². The zero-order valence-electron chi connectivity index (χ0n) is 10.9. The summed E-state index contributed by atoms with van der Waals surface area (Å²) in [5.74, 6) is 1.01. The first-order valence-electron chi connectivity index (χ1n) is 6.91. The minimum atomic E-state index is 0.582. The van der Waals surface area contributed by atoms with Crippen LogP contribution in [-0.4, -0.2) is 13.1 Å². The Morgan fingerprint density at radius 2 is 2.00 bits per heavy atom. The molecular formula is C14H29N. The molecule has 0 spiro atoms. The maximum absolute atomic E-state index is 3.61. The van der Waals surface area contributed by atoms with Gasteiger partial charge in [0.15, 0.2) is 0 Å². The highest BCUT2D eigenvalue weighted by Crippen LogP contribution is 2.37. The van der Waals surface area contributed by atoms with Crippen LogP contribution in [0.4, 0.5) is 0 Å². The summed E-state index contributed by atoms with van der Waals surface area (Å²) in [5.41, 5.74) is 0.582. The van der Waals surface area contributed by atoms with Crippen molar-refractivity contribution in [3.63, 3.8) is 0 Å². The standard InChI is InChI=1S/C14H29N/c1-4-11-15-12-14(3)9-6-7-13(5-2)8-10-14/h13,15H,4-12H2,1-3H3. The Labute approximate surface area is 96.0 Å². The molecule has 0 aliphatic heterocycles. The van der Waals surface area contributed by atoms with Crippen molar-refractivity contribution in [2.45, 2.75) is 65.7 Å². The second-order valence-corrected chi connectivity index (χ2v) is 5.69. The van der Waals surface area contributed by atoms with Crippen LogP contribution >= 0.6 is 0 Å². The Morgan fingerprint density at radius 1 is 1.20 bits per heavy atom. The van der Waals surface area contributed by atoms with Crippen molar-refractivity contribution in [3.8, 4) is 0 Å². The predicted octanol–water partition coefficient (Wildman–Crippen LogP) is 3.98. The van der Waals surface area contributed by atoms with E-state index in [1.165, 1.54) is 58.0 Å². The average Bonchev–Trinajstić information content (AvgIpc) is 2.41. The summed E-state index contributed by atoms with van der Waals surface area (Å²) in [6.07, 6.45) is 9.89. The Bertz CT molecular complexity index is 167. The van der Waals surface area contributed by atoms with Gasteiger partial charge in [0.05, 0.1) is 0 Å². The number of nitrogens with one attached hydrogen (secondary N) is 1. The third-order valence-electron chi connectivity index (χ3n) is 4.10. The lowest BCUT2D eigenvalue weighted by atomic mass is 9.82. The Balaban J connectivity index is 2.33. The van der Waals surface area contributed by atoms with Crippen molar-refractivity contribution >= 4 is 0 Å². The zero-order chi connectivity index (χ0) is 11.1. The molecule has 1 nitrogen and oxygen atoms in total. The van der Waals surface area contributed by atoms with Gasteiger partial charge >= 0.3 is 0 Å². The van der Waals surface area contributed by atoms with E-state index in [1.54, 1.807) is 0 Å². The molecule has 1 rings (SSSR count). The molecule has 1 N–H and O–H groups in total. The SMILES string of the molecule is CCCNCC1(C)CCCC(CC)CC1. The van der Waals surface area contributed by atoms with Gasteiger partial charge < -0.3 is 5.32 Å². The molecule has 2 atom stereocenters. The number of rotatable bonds is 5. The second-order valence-electron chi connectivity index (χ2n) is 5.69. The first kappa shape index (κ1) is 13.0. The molecule has 1 aliphatic carbocycles. The first-order chi connectivity index (χ1) is 7.20. The summed E-state index contributed by atoms with van der Waals surface area (Å²) >= 11 is 0. The van der Waals surface area contributed by atoms with Crippen molar-refractivity contribution < 1.29 is 0 Å². The molecule has 0 aromatic carbocycles. The van der Waals surface area contributed by atoms with E-state index in [9.17, 15) is 0 Å². The van der Waals surface area contributed by atoms with E-state index in [0.717, 1.165) is 5.92 Å². The summed E-state index contributed by atoms with van der Waals surface area (Å²) in [6.45, 7) is 9.50. The monoisotopic (exact) mass is 211 g/mol. The fourth-order valence-electron chi connectivity index (χ4n) is 2.79. The van der Waals surface area contributed by atoms with Crippen LogP contribution in [0.3, 0.4) is 0 Å². The lowest BCUT2D eigenvalue weighted by Crippen LogP contribution is -2.32. The summed E-state index contributed by atoms with van der Waals surface area (Å²) < 4.78 is 0. The molecular weight excluding hydrogens is 182 g/mol. The lowest BCUT2D eigenvalue weighted by molar-refractivity contribution is 0.259. The van der Waals surface area contributed by atoms with Crippen molar-refractivity contribution in [2.75, 3.05) is 13.1 Å². The molecule has 0 amide bonds. The molecule has 1 aliphatic rings. The van der Waals surface area contributed by atoms with Gasteiger partial charge in [0, 0.05) is 6.54 Å². The third kappa shape index (κ3) is 4.55. The summed E-state index contributed by atoms with van der Waals surface area (Å²) in [5, 5.41) is 3.61. The normalized spacial score (nSPS) is 32.6. The van der Waals surface area contributed by atoms with E-state index in [0.29, 0.717) is 5.41 Å². The van der Waals surface area contributed by atoms with Gasteiger partial charge in [-0.15, -0.1) is 0 Å². The fraction of sp³-hybridized carbons (Fsp3) is 1.00. The van der Waals surface area contributed by atoms with E-state index in [4.69, 9.17) is 0 Å². The highest BCUT2D eigenvalue weighted by atomic mass is 14.9. The van der Waals surface area contributed by atoms with E-state index in [1.807, 2.05) is 0 Å². The number of hydrogen-bond acceptors (Lipinski definition) is 1. The van der Waals surface area contributed by atoms with Gasteiger partial charge in [0.1, 0.15) is 0 Å². The smallest absolute Gasteiger partial charge is 0.000516 e. The molecule has 1 saturated carbocycles. The highest BCUT2D eigenvalue weighted by Gasteiger charge is 2.27. The molecule has 1 fully saturated rings. The summed E-state index contributed by atoms with van der Waals surface area (Å²) in [6, 6.07) is 0. The zero-order valence-corrected chi connectivity index (χ0v) is 10.9. The summed E-state index contributed by atoms with van der Waals surface area (Å²) in [4.78, 5) is 0. The van der Waals surface area contributed by atoms with Crippen LogP contribution in [0.15, 0.2) is 0 Å². The molecule has 0 radical (unpaired) electrons. The Kier molecular flexibility index (Phi) is 5.66. The van der Waals surface area contributed by atoms with E-state index in [2.05, 4.69) is 26.1 Å². The van der Waals surface area contributed by atoms with Crippen molar-refractivity contribution in [3.05, 3.63) is 0 Å². The molecule has 0 saturated heterocycles. The van der Waals surface area contributed by atoms with E-state index < -0.39 is 0 Å². The quantitative estimate of drug-likeness (QED) is 0.536. The van der Waals surface area contributed by atoms with Crippen LogP contribution in [0.5, 0.6) is 0 Å². The van der Waals surface area contributed by atoms with Crippen LogP contribution in [0.2, 0.25) is 0 Å². The summed E-state index contributed by atoms with van der Waals surface area (Å²) in [7, 11) is 0. The van der Waals surface area contributed by atoms with Crippen LogP contribution in [-0.2, 0) is 0 Å². The van der Waals surface area contributed by atoms with Gasteiger partial charge in [-0.1, -0.05) is 40.0 Å². The van der Waals surface area contributed by atoms with Gasteiger partial charge in [-0.3, -0.25) is 0 Å². The molecule has 0 bridgehead atoms. The van der Waals surface area contributed by atoms with Crippen molar-refractivity contribution in [1.82, 2.24) is 5.32 Å². The average molecular weight is 211 g/mol. The molecule has 15 heavy (non-hydrogen) atoms. The van der Waals surface area contributed by atoms with Crippen LogP contribution in [0, 0.1) is 11.3 Å². The topological polar surface area (TPSA) is 12.0 Å². The number of hydrogen-bond donors (Lipinski definition) is 1. The van der Waals surface area contributed by atoms with Gasteiger partial charge in [0.25, 0.3) is 0 Å². The molecule has 90 valence electrons. The molecule has 2 unspecified atom stereocenters. The molecule has 0 heterocycles. The van der Waals surface area contributed by atoms with Crippen molar-refractivity contribution in [2.24, 2.45) is 11.3 Å². The van der Waals surface area contributed by atoms with Crippen molar-refractivity contribution in [1.29, 1.82) is 0 Å². The van der Waals surface area contributed by atoms with Gasteiger partial charge in [-0.2, -0.15) is 0 Å².